The number of aryl methyl sites for hydroxylation is 1. The maximum Gasteiger partial charge on any atom is 0.0996 e. The summed E-state index contributed by atoms with van der Waals surface area (Å²) in [4.78, 5) is 0. The molecule has 0 spiro atoms. The average molecular weight is 238 g/mol. The summed E-state index contributed by atoms with van der Waals surface area (Å²) < 4.78 is 1.78. The Labute approximate surface area is 105 Å². The third kappa shape index (κ3) is 4.46. The molecule has 98 valence electrons. The van der Waals surface area contributed by atoms with Gasteiger partial charge < -0.3 is 5.32 Å². The fourth-order valence-electron chi connectivity index (χ4n) is 2.11. The Morgan fingerprint density at radius 3 is 2.47 bits per heavy atom. The van der Waals surface area contributed by atoms with Crippen LogP contribution in [-0.2, 0) is 7.05 Å². The molecule has 4 heteroatoms. The van der Waals surface area contributed by atoms with Gasteiger partial charge in [0.1, 0.15) is 0 Å². The minimum Gasteiger partial charge on any atom is -0.309 e. The van der Waals surface area contributed by atoms with Crippen LogP contribution in [0, 0.1) is 5.92 Å². The molecule has 1 N–H and O–H groups in total. The van der Waals surface area contributed by atoms with Gasteiger partial charge in [0.25, 0.3) is 0 Å². The number of hydrogen-bond acceptors (Lipinski definition) is 3. The Bertz CT molecular complexity index is 304. The maximum absolute atomic E-state index is 4.24. The highest BCUT2D eigenvalue weighted by Gasteiger charge is 2.18. The second-order valence-corrected chi connectivity index (χ2v) is 4.74. The highest BCUT2D eigenvalue weighted by atomic mass is 15.4. The van der Waals surface area contributed by atoms with E-state index in [0.29, 0.717) is 6.04 Å². The molecule has 0 aliphatic heterocycles. The van der Waals surface area contributed by atoms with Crippen LogP contribution in [0.15, 0.2) is 6.20 Å². The number of hydrogen-bond donors (Lipinski definition) is 1. The van der Waals surface area contributed by atoms with Crippen molar-refractivity contribution in [2.45, 2.75) is 52.5 Å². The van der Waals surface area contributed by atoms with Gasteiger partial charge in [0, 0.05) is 13.2 Å². The molecule has 1 rings (SSSR count). The summed E-state index contributed by atoms with van der Waals surface area (Å²) in [5, 5.41) is 11.9. The van der Waals surface area contributed by atoms with Gasteiger partial charge >= 0.3 is 0 Å². The molecule has 0 aliphatic rings. The first-order chi connectivity index (χ1) is 8.21. The molecule has 1 atom stereocenters. The quantitative estimate of drug-likeness (QED) is 0.757. The van der Waals surface area contributed by atoms with Crippen molar-refractivity contribution >= 4 is 0 Å². The zero-order valence-corrected chi connectivity index (χ0v) is 11.6. The van der Waals surface area contributed by atoms with Crippen LogP contribution in [0.3, 0.4) is 0 Å². The zero-order valence-electron chi connectivity index (χ0n) is 11.6. The Kier molecular flexibility index (Phi) is 6.19. The minimum atomic E-state index is 0.355. The van der Waals surface area contributed by atoms with E-state index in [0.717, 1.165) is 31.0 Å². The summed E-state index contributed by atoms with van der Waals surface area (Å²) in [6.07, 6.45) is 6.81. The lowest BCUT2D eigenvalue weighted by molar-refractivity contribution is 0.366. The predicted octanol–water partition coefficient (Wildman–Crippen LogP) is 2.68. The van der Waals surface area contributed by atoms with Crippen molar-refractivity contribution in [2.75, 3.05) is 6.54 Å². The lowest BCUT2D eigenvalue weighted by Gasteiger charge is -2.21. The van der Waals surface area contributed by atoms with Crippen LogP contribution < -0.4 is 5.32 Å². The van der Waals surface area contributed by atoms with E-state index in [4.69, 9.17) is 0 Å². The molecule has 0 radical (unpaired) electrons. The molecule has 17 heavy (non-hydrogen) atoms. The van der Waals surface area contributed by atoms with Crippen LogP contribution >= 0.6 is 0 Å². The highest BCUT2D eigenvalue weighted by Crippen LogP contribution is 2.23. The first kappa shape index (κ1) is 14.2. The first-order valence-corrected chi connectivity index (χ1v) is 6.80. The summed E-state index contributed by atoms with van der Waals surface area (Å²) in [5.41, 5.74) is 1.08. The van der Waals surface area contributed by atoms with E-state index >= 15 is 0 Å². The number of rotatable bonds is 8. The summed E-state index contributed by atoms with van der Waals surface area (Å²) in [6, 6.07) is 0.355. The molecule has 1 aromatic heterocycles. The summed E-state index contributed by atoms with van der Waals surface area (Å²) >= 11 is 0. The zero-order chi connectivity index (χ0) is 12.7. The second kappa shape index (κ2) is 7.43. The molecule has 0 amide bonds. The van der Waals surface area contributed by atoms with Crippen molar-refractivity contribution in [1.29, 1.82) is 0 Å². The predicted molar refractivity (Wildman–Crippen MR) is 70.7 cm³/mol. The fraction of sp³-hybridized carbons (Fsp3) is 0.846. The lowest BCUT2D eigenvalue weighted by atomic mass is 9.93. The van der Waals surface area contributed by atoms with Gasteiger partial charge in [-0.2, -0.15) is 0 Å². The van der Waals surface area contributed by atoms with Crippen molar-refractivity contribution in [3.63, 3.8) is 0 Å². The van der Waals surface area contributed by atoms with Crippen LogP contribution in [-0.4, -0.2) is 21.5 Å². The number of aromatic nitrogens is 3. The van der Waals surface area contributed by atoms with Gasteiger partial charge in [0.2, 0.25) is 0 Å². The third-order valence-electron chi connectivity index (χ3n) is 3.34. The van der Waals surface area contributed by atoms with Crippen LogP contribution in [0.2, 0.25) is 0 Å². The molecule has 4 nitrogen and oxygen atoms in total. The minimum absolute atomic E-state index is 0.355. The van der Waals surface area contributed by atoms with E-state index < -0.39 is 0 Å². The van der Waals surface area contributed by atoms with Gasteiger partial charge in [-0.25, -0.2) is 0 Å². The molecule has 1 aromatic rings. The van der Waals surface area contributed by atoms with Crippen LogP contribution in [0.5, 0.6) is 0 Å². The molecule has 0 saturated carbocycles. The SMILES string of the molecule is CCCNC(CC(CC)CC)c1cn(C)nn1. The van der Waals surface area contributed by atoms with E-state index in [1.807, 2.05) is 13.2 Å². The van der Waals surface area contributed by atoms with Crippen molar-refractivity contribution in [2.24, 2.45) is 13.0 Å². The van der Waals surface area contributed by atoms with Crippen molar-refractivity contribution in [3.05, 3.63) is 11.9 Å². The Balaban J connectivity index is 2.66. The monoisotopic (exact) mass is 238 g/mol. The first-order valence-electron chi connectivity index (χ1n) is 6.80. The normalized spacial score (nSPS) is 13.2. The van der Waals surface area contributed by atoms with Gasteiger partial charge in [-0.05, 0) is 25.3 Å². The van der Waals surface area contributed by atoms with E-state index in [9.17, 15) is 0 Å². The number of nitrogens with one attached hydrogen (secondary N) is 1. The smallest absolute Gasteiger partial charge is 0.0996 e. The third-order valence-corrected chi connectivity index (χ3v) is 3.34. The average Bonchev–Trinajstić information content (AvgIpc) is 2.76. The van der Waals surface area contributed by atoms with Crippen molar-refractivity contribution in [1.82, 2.24) is 20.3 Å². The molecule has 0 saturated heterocycles. The van der Waals surface area contributed by atoms with Crippen LogP contribution in [0.1, 0.15) is 58.2 Å². The fourth-order valence-corrected chi connectivity index (χ4v) is 2.11. The summed E-state index contributed by atoms with van der Waals surface area (Å²) in [5.74, 6) is 0.770. The van der Waals surface area contributed by atoms with E-state index in [1.54, 1.807) is 4.68 Å². The molecule has 1 unspecified atom stereocenters. The maximum atomic E-state index is 4.24. The molecule has 1 heterocycles. The summed E-state index contributed by atoms with van der Waals surface area (Å²) in [7, 11) is 1.92. The van der Waals surface area contributed by atoms with E-state index in [2.05, 4.69) is 36.4 Å². The topological polar surface area (TPSA) is 42.7 Å². The van der Waals surface area contributed by atoms with Gasteiger partial charge in [0.15, 0.2) is 0 Å². The van der Waals surface area contributed by atoms with Crippen LogP contribution in [0.4, 0.5) is 0 Å². The molecule has 0 fully saturated rings. The Hall–Kier alpha value is -0.900. The van der Waals surface area contributed by atoms with Gasteiger partial charge in [-0.15, -0.1) is 5.10 Å². The Morgan fingerprint density at radius 2 is 2.00 bits per heavy atom. The molecular formula is C13H26N4. The number of nitrogens with zero attached hydrogens (tertiary/aromatic N) is 3. The van der Waals surface area contributed by atoms with Gasteiger partial charge in [-0.1, -0.05) is 38.8 Å². The summed E-state index contributed by atoms with van der Waals surface area (Å²) in [6.45, 7) is 7.77. The highest BCUT2D eigenvalue weighted by molar-refractivity contribution is 5.01. The van der Waals surface area contributed by atoms with Crippen molar-refractivity contribution < 1.29 is 0 Å². The molecule has 0 aromatic carbocycles. The van der Waals surface area contributed by atoms with Crippen LogP contribution in [0.25, 0.3) is 0 Å². The van der Waals surface area contributed by atoms with Gasteiger partial charge in [-0.3, -0.25) is 4.68 Å². The molecule has 0 aliphatic carbocycles. The van der Waals surface area contributed by atoms with Crippen molar-refractivity contribution in [3.8, 4) is 0 Å². The second-order valence-electron chi connectivity index (χ2n) is 4.74. The largest absolute Gasteiger partial charge is 0.309 e. The van der Waals surface area contributed by atoms with E-state index in [1.165, 1.54) is 12.8 Å². The van der Waals surface area contributed by atoms with E-state index in [-0.39, 0.29) is 0 Å². The van der Waals surface area contributed by atoms with Gasteiger partial charge in [0.05, 0.1) is 11.7 Å². The molecule has 0 bridgehead atoms. The Morgan fingerprint density at radius 1 is 1.29 bits per heavy atom. The standard InChI is InChI=1S/C13H26N4/c1-5-8-14-12(9-11(6-2)7-3)13-10-17(4)16-15-13/h10-12,14H,5-9H2,1-4H3. The molecular weight excluding hydrogens is 212 g/mol. The lowest BCUT2D eigenvalue weighted by Crippen LogP contribution is -2.24.